The fraction of sp³-hybridized carbons (Fsp3) is 0.471. The summed E-state index contributed by atoms with van der Waals surface area (Å²) >= 11 is 2.73. The molecule has 2 aromatic rings. The molecule has 0 bridgehead atoms. The minimum absolute atomic E-state index is 0.0578. The van der Waals surface area contributed by atoms with Gasteiger partial charge in [0.15, 0.2) is 5.16 Å². The molecule has 0 saturated heterocycles. The molecule has 1 unspecified atom stereocenters. The molecule has 0 aromatic carbocycles. The number of fused-ring (bicyclic) bond motifs is 1. The van der Waals surface area contributed by atoms with E-state index in [0.717, 1.165) is 6.42 Å². The van der Waals surface area contributed by atoms with Gasteiger partial charge in [0, 0.05) is 12.1 Å². The topological polar surface area (TPSA) is 64.0 Å². The first-order valence-electron chi connectivity index (χ1n) is 7.86. The smallest absolute Gasteiger partial charge is 0.263 e. The number of thiophene rings is 1. The van der Waals surface area contributed by atoms with Gasteiger partial charge in [-0.2, -0.15) is 0 Å². The molecular formula is C17H23N3O2S2. The van der Waals surface area contributed by atoms with Crippen molar-refractivity contribution < 1.29 is 4.79 Å². The highest BCUT2D eigenvalue weighted by Crippen LogP contribution is 2.25. The van der Waals surface area contributed by atoms with E-state index in [1.807, 2.05) is 33.1 Å². The van der Waals surface area contributed by atoms with Crippen LogP contribution in [0, 0.1) is 0 Å². The van der Waals surface area contributed by atoms with Crippen LogP contribution in [0.15, 0.2) is 34.1 Å². The molecule has 0 fully saturated rings. The SMILES string of the molecule is C=CCn1c(SC(C)C(=O)NC(C)(C)CC)nc2sccc2c1=O. The Morgan fingerprint density at radius 3 is 2.92 bits per heavy atom. The van der Waals surface area contributed by atoms with Gasteiger partial charge in [-0.1, -0.05) is 24.8 Å². The summed E-state index contributed by atoms with van der Waals surface area (Å²) in [4.78, 5) is 30.3. The summed E-state index contributed by atoms with van der Waals surface area (Å²) in [6, 6.07) is 1.78. The van der Waals surface area contributed by atoms with Gasteiger partial charge >= 0.3 is 0 Å². The van der Waals surface area contributed by atoms with Crippen molar-refractivity contribution in [3.8, 4) is 0 Å². The van der Waals surface area contributed by atoms with Crippen LogP contribution in [0.25, 0.3) is 10.2 Å². The number of nitrogens with one attached hydrogen (secondary N) is 1. The number of carbonyl (C=O) groups is 1. The maximum absolute atomic E-state index is 12.6. The minimum Gasteiger partial charge on any atom is -0.350 e. The van der Waals surface area contributed by atoms with Crippen molar-refractivity contribution in [2.75, 3.05) is 0 Å². The summed E-state index contributed by atoms with van der Waals surface area (Å²) in [5.41, 5.74) is -0.345. The molecule has 0 saturated carbocycles. The van der Waals surface area contributed by atoms with E-state index < -0.39 is 0 Å². The van der Waals surface area contributed by atoms with Gasteiger partial charge in [0.25, 0.3) is 5.56 Å². The summed E-state index contributed by atoms with van der Waals surface area (Å²) in [6.07, 6.45) is 2.51. The van der Waals surface area contributed by atoms with Crippen LogP contribution < -0.4 is 10.9 Å². The minimum atomic E-state index is -0.351. The van der Waals surface area contributed by atoms with Gasteiger partial charge in [-0.05, 0) is 38.6 Å². The highest BCUT2D eigenvalue weighted by Gasteiger charge is 2.24. The lowest BCUT2D eigenvalue weighted by Gasteiger charge is -2.26. The molecule has 5 nitrogen and oxygen atoms in total. The van der Waals surface area contributed by atoms with Crippen molar-refractivity contribution in [2.24, 2.45) is 0 Å². The van der Waals surface area contributed by atoms with Gasteiger partial charge in [0.1, 0.15) is 4.83 Å². The molecule has 1 amide bonds. The number of amides is 1. The Hall–Kier alpha value is -1.60. The molecule has 0 aliphatic carbocycles. The van der Waals surface area contributed by atoms with Gasteiger partial charge in [0.05, 0.1) is 10.6 Å². The highest BCUT2D eigenvalue weighted by molar-refractivity contribution is 8.00. The van der Waals surface area contributed by atoms with Gasteiger partial charge in [-0.25, -0.2) is 4.98 Å². The lowest BCUT2D eigenvalue weighted by atomic mass is 10.0. The predicted octanol–water partition coefficient (Wildman–Crippen LogP) is 3.43. The van der Waals surface area contributed by atoms with Gasteiger partial charge in [-0.3, -0.25) is 14.2 Å². The van der Waals surface area contributed by atoms with Crippen LogP contribution in [0.1, 0.15) is 34.1 Å². The molecule has 0 radical (unpaired) electrons. The Kier molecular flexibility index (Phi) is 5.87. The molecule has 2 rings (SSSR count). The zero-order chi connectivity index (χ0) is 17.9. The van der Waals surface area contributed by atoms with E-state index in [1.165, 1.54) is 23.1 Å². The van der Waals surface area contributed by atoms with Crippen molar-refractivity contribution in [2.45, 2.75) is 56.6 Å². The fourth-order valence-electron chi connectivity index (χ4n) is 2.05. The Labute approximate surface area is 150 Å². The number of allylic oxidation sites excluding steroid dienone is 1. The van der Waals surface area contributed by atoms with Crippen LogP contribution in [-0.4, -0.2) is 26.2 Å². The fourth-order valence-corrected chi connectivity index (χ4v) is 3.77. The number of aromatic nitrogens is 2. The summed E-state index contributed by atoms with van der Waals surface area (Å²) in [6.45, 7) is 11.9. The predicted molar refractivity (Wildman–Crippen MR) is 102 cm³/mol. The Bertz CT molecular complexity index is 808. The second-order valence-corrected chi connectivity index (χ2v) is 8.43. The summed E-state index contributed by atoms with van der Waals surface area (Å²) in [5.74, 6) is -0.0578. The van der Waals surface area contributed by atoms with Crippen LogP contribution >= 0.6 is 23.1 Å². The maximum Gasteiger partial charge on any atom is 0.263 e. The Morgan fingerprint density at radius 1 is 1.58 bits per heavy atom. The first-order valence-corrected chi connectivity index (χ1v) is 9.62. The van der Waals surface area contributed by atoms with Crippen LogP contribution in [0.2, 0.25) is 0 Å². The van der Waals surface area contributed by atoms with Crippen molar-refractivity contribution in [3.63, 3.8) is 0 Å². The molecule has 7 heteroatoms. The molecule has 24 heavy (non-hydrogen) atoms. The maximum atomic E-state index is 12.6. The third kappa shape index (κ3) is 4.08. The third-order valence-corrected chi connectivity index (χ3v) is 5.75. The van der Waals surface area contributed by atoms with Crippen molar-refractivity contribution in [3.05, 3.63) is 34.5 Å². The molecular weight excluding hydrogens is 342 g/mol. The summed E-state index contributed by atoms with van der Waals surface area (Å²) < 4.78 is 1.57. The Morgan fingerprint density at radius 2 is 2.29 bits per heavy atom. The lowest BCUT2D eigenvalue weighted by molar-refractivity contribution is -0.121. The van der Waals surface area contributed by atoms with Gasteiger partial charge in [0.2, 0.25) is 5.91 Å². The standard InChI is InChI=1S/C17H23N3O2S2/c1-6-9-20-15(22)12-8-10-23-14(12)18-16(20)24-11(3)13(21)19-17(4,5)7-2/h6,8,10-11H,1,7,9H2,2-5H3,(H,19,21). The van der Waals surface area contributed by atoms with Gasteiger partial charge < -0.3 is 5.32 Å². The third-order valence-electron chi connectivity index (χ3n) is 3.86. The number of hydrogen-bond acceptors (Lipinski definition) is 5. The highest BCUT2D eigenvalue weighted by atomic mass is 32.2. The average molecular weight is 366 g/mol. The largest absolute Gasteiger partial charge is 0.350 e. The quantitative estimate of drug-likeness (QED) is 0.464. The van der Waals surface area contributed by atoms with E-state index in [1.54, 1.807) is 16.7 Å². The van der Waals surface area contributed by atoms with Crippen molar-refractivity contribution in [1.82, 2.24) is 14.9 Å². The number of rotatable bonds is 7. The van der Waals surface area contributed by atoms with Crippen LogP contribution in [0.4, 0.5) is 0 Å². The monoisotopic (exact) mass is 365 g/mol. The molecule has 0 aliphatic rings. The zero-order valence-corrected chi connectivity index (χ0v) is 16.1. The molecule has 1 atom stereocenters. The normalized spacial score (nSPS) is 13.0. The van der Waals surface area contributed by atoms with E-state index in [9.17, 15) is 9.59 Å². The molecule has 0 spiro atoms. The van der Waals surface area contributed by atoms with Crippen molar-refractivity contribution in [1.29, 1.82) is 0 Å². The second kappa shape index (κ2) is 7.53. The van der Waals surface area contributed by atoms with E-state index in [4.69, 9.17) is 0 Å². The zero-order valence-electron chi connectivity index (χ0n) is 14.5. The summed E-state index contributed by atoms with van der Waals surface area (Å²) in [5, 5.41) is 5.69. The molecule has 1 N–H and O–H groups in total. The second-order valence-electron chi connectivity index (χ2n) is 6.23. The number of carbonyl (C=O) groups excluding carboxylic acids is 1. The first-order chi connectivity index (χ1) is 11.3. The molecule has 0 aliphatic heterocycles. The van der Waals surface area contributed by atoms with Crippen molar-refractivity contribution >= 4 is 39.2 Å². The number of thioether (sulfide) groups is 1. The Balaban J connectivity index is 2.31. The number of hydrogen-bond donors (Lipinski definition) is 1. The molecule has 2 heterocycles. The van der Waals surface area contributed by atoms with E-state index in [-0.39, 0.29) is 22.3 Å². The van der Waals surface area contributed by atoms with E-state index in [0.29, 0.717) is 21.9 Å². The van der Waals surface area contributed by atoms with Gasteiger partial charge in [-0.15, -0.1) is 17.9 Å². The lowest BCUT2D eigenvalue weighted by Crippen LogP contribution is -2.46. The van der Waals surface area contributed by atoms with E-state index >= 15 is 0 Å². The first kappa shape index (κ1) is 18.7. The number of nitrogens with zero attached hydrogens (tertiary/aromatic N) is 2. The molecule has 2 aromatic heterocycles. The van der Waals surface area contributed by atoms with Crippen LogP contribution in [-0.2, 0) is 11.3 Å². The summed E-state index contributed by atoms with van der Waals surface area (Å²) in [7, 11) is 0. The molecule has 130 valence electrons. The van der Waals surface area contributed by atoms with Crippen LogP contribution in [0.5, 0.6) is 0 Å². The average Bonchev–Trinajstić information content (AvgIpc) is 2.99. The van der Waals surface area contributed by atoms with E-state index in [2.05, 4.69) is 16.9 Å². The van der Waals surface area contributed by atoms with Crippen LogP contribution in [0.3, 0.4) is 0 Å².